The van der Waals surface area contributed by atoms with E-state index in [-0.39, 0.29) is 17.9 Å². The van der Waals surface area contributed by atoms with Crippen molar-refractivity contribution in [2.45, 2.75) is 23.6 Å². The standard InChI is InChI=1S/C15H19ClN2O5S/c1-4-5-13(15(19)17-10-14(22-2)23-3)18-24(20,21)12-8-6-11(16)7-9-12/h1,6-9,13-14,18H,5,10H2,2-3H3,(H,17,19). The third-order valence-electron chi connectivity index (χ3n) is 3.03. The molecule has 0 radical (unpaired) electrons. The van der Waals surface area contributed by atoms with Gasteiger partial charge in [-0.05, 0) is 24.3 Å². The first kappa shape index (κ1) is 20.4. The average Bonchev–Trinajstić information content (AvgIpc) is 2.55. The lowest BCUT2D eigenvalue weighted by molar-refractivity contribution is -0.128. The summed E-state index contributed by atoms with van der Waals surface area (Å²) in [4.78, 5) is 12.1. The monoisotopic (exact) mass is 374 g/mol. The largest absolute Gasteiger partial charge is 0.354 e. The number of benzene rings is 1. The van der Waals surface area contributed by atoms with Crippen molar-refractivity contribution in [1.29, 1.82) is 0 Å². The van der Waals surface area contributed by atoms with Gasteiger partial charge in [0.15, 0.2) is 6.29 Å². The van der Waals surface area contributed by atoms with E-state index in [1.807, 2.05) is 0 Å². The number of hydrogen-bond donors (Lipinski definition) is 2. The van der Waals surface area contributed by atoms with Gasteiger partial charge < -0.3 is 14.8 Å². The van der Waals surface area contributed by atoms with Gasteiger partial charge in [0.25, 0.3) is 0 Å². The van der Waals surface area contributed by atoms with Crippen molar-refractivity contribution in [3.63, 3.8) is 0 Å². The van der Waals surface area contributed by atoms with Gasteiger partial charge in [0.2, 0.25) is 15.9 Å². The molecule has 2 N–H and O–H groups in total. The Labute approximate surface area is 146 Å². The molecule has 0 spiro atoms. The van der Waals surface area contributed by atoms with Crippen LogP contribution in [0.25, 0.3) is 0 Å². The summed E-state index contributed by atoms with van der Waals surface area (Å²) in [7, 11) is -1.08. The molecule has 0 saturated heterocycles. The van der Waals surface area contributed by atoms with Crippen LogP contribution in [0.1, 0.15) is 6.42 Å². The fraction of sp³-hybridized carbons (Fsp3) is 0.400. The lowest BCUT2D eigenvalue weighted by Gasteiger charge is -2.19. The van der Waals surface area contributed by atoms with Crippen LogP contribution in [0.3, 0.4) is 0 Å². The molecule has 0 aliphatic heterocycles. The SMILES string of the molecule is C#CCC(NS(=O)(=O)c1ccc(Cl)cc1)C(=O)NCC(OC)OC. The van der Waals surface area contributed by atoms with Gasteiger partial charge in [-0.2, -0.15) is 4.72 Å². The van der Waals surface area contributed by atoms with E-state index in [9.17, 15) is 13.2 Å². The van der Waals surface area contributed by atoms with Gasteiger partial charge in [-0.25, -0.2) is 8.42 Å². The maximum atomic E-state index is 12.3. The molecule has 1 rings (SSSR count). The van der Waals surface area contributed by atoms with Crippen molar-refractivity contribution in [3.8, 4) is 12.3 Å². The van der Waals surface area contributed by atoms with Crippen molar-refractivity contribution in [2.24, 2.45) is 0 Å². The number of nitrogens with one attached hydrogen (secondary N) is 2. The summed E-state index contributed by atoms with van der Waals surface area (Å²) in [5, 5.41) is 2.92. The van der Waals surface area contributed by atoms with E-state index in [1.54, 1.807) is 0 Å². The molecule has 0 heterocycles. The lowest BCUT2D eigenvalue weighted by atomic mass is 10.2. The Morgan fingerprint density at radius 3 is 2.38 bits per heavy atom. The minimum Gasteiger partial charge on any atom is -0.354 e. The Morgan fingerprint density at radius 2 is 1.88 bits per heavy atom. The minimum atomic E-state index is -3.92. The van der Waals surface area contributed by atoms with Gasteiger partial charge in [0.05, 0.1) is 11.4 Å². The number of methoxy groups -OCH3 is 2. The van der Waals surface area contributed by atoms with Gasteiger partial charge in [-0.3, -0.25) is 4.79 Å². The van der Waals surface area contributed by atoms with Crippen molar-refractivity contribution < 1.29 is 22.7 Å². The molecule has 1 atom stereocenters. The van der Waals surface area contributed by atoms with E-state index < -0.39 is 28.3 Å². The van der Waals surface area contributed by atoms with E-state index in [1.165, 1.54) is 38.5 Å². The van der Waals surface area contributed by atoms with Crippen LogP contribution >= 0.6 is 11.6 Å². The Kier molecular flexibility index (Phi) is 8.18. The Hall–Kier alpha value is -1.63. The predicted molar refractivity (Wildman–Crippen MR) is 89.8 cm³/mol. The zero-order valence-corrected chi connectivity index (χ0v) is 14.9. The molecule has 1 aromatic rings. The van der Waals surface area contributed by atoms with E-state index in [2.05, 4.69) is 16.0 Å². The molecule has 132 valence electrons. The average molecular weight is 375 g/mol. The summed E-state index contributed by atoms with van der Waals surface area (Å²) in [6.07, 6.45) is 4.47. The van der Waals surface area contributed by atoms with E-state index >= 15 is 0 Å². The molecular formula is C15H19ClN2O5S. The van der Waals surface area contributed by atoms with Crippen LogP contribution < -0.4 is 10.0 Å². The van der Waals surface area contributed by atoms with E-state index in [0.717, 1.165) is 0 Å². The van der Waals surface area contributed by atoms with Crippen LogP contribution in [0, 0.1) is 12.3 Å². The fourth-order valence-corrected chi connectivity index (χ4v) is 3.07. The Morgan fingerprint density at radius 1 is 1.29 bits per heavy atom. The van der Waals surface area contributed by atoms with Gasteiger partial charge >= 0.3 is 0 Å². The minimum absolute atomic E-state index is 0.0200. The molecule has 0 aromatic heterocycles. The van der Waals surface area contributed by atoms with Gasteiger partial charge in [0.1, 0.15) is 6.04 Å². The molecule has 9 heteroatoms. The Balaban J connectivity index is 2.82. The molecule has 0 aliphatic carbocycles. The molecular weight excluding hydrogens is 356 g/mol. The molecule has 0 aliphatic rings. The van der Waals surface area contributed by atoms with Gasteiger partial charge in [-0.15, -0.1) is 12.3 Å². The van der Waals surface area contributed by atoms with Crippen LogP contribution in [0.4, 0.5) is 0 Å². The van der Waals surface area contributed by atoms with Crippen molar-refractivity contribution in [2.75, 3.05) is 20.8 Å². The summed E-state index contributed by atoms with van der Waals surface area (Å²) in [5.74, 6) is 1.70. The van der Waals surface area contributed by atoms with Crippen LogP contribution in [0.5, 0.6) is 0 Å². The second-order valence-electron chi connectivity index (χ2n) is 4.68. The second kappa shape index (κ2) is 9.61. The van der Waals surface area contributed by atoms with Crippen LogP contribution in [-0.2, 0) is 24.3 Å². The highest BCUT2D eigenvalue weighted by Crippen LogP contribution is 2.14. The maximum Gasteiger partial charge on any atom is 0.241 e. The number of rotatable bonds is 9. The summed E-state index contributed by atoms with van der Waals surface area (Å²) in [6, 6.07) is 4.43. The molecule has 1 unspecified atom stereocenters. The molecule has 1 aromatic carbocycles. The predicted octanol–water partition coefficient (Wildman–Crippen LogP) is 0.745. The van der Waals surface area contributed by atoms with Crippen LogP contribution in [0.15, 0.2) is 29.2 Å². The van der Waals surface area contributed by atoms with Gasteiger partial charge in [-0.1, -0.05) is 11.6 Å². The summed E-state index contributed by atoms with van der Waals surface area (Å²) >= 11 is 5.74. The molecule has 0 fully saturated rings. The first-order chi connectivity index (χ1) is 11.3. The third kappa shape index (κ3) is 6.11. The van der Waals surface area contributed by atoms with E-state index in [4.69, 9.17) is 27.5 Å². The highest BCUT2D eigenvalue weighted by Gasteiger charge is 2.25. The summed E-state index contributed by atoms with van der Waals surface area (Å²) in [5.41, 5.74) is 0. The molecule has 0 saturated carbocycles. The first-order valence-electron chi connectivity index (χ1n) is 6.88. The second-order valence-corrected chi connectivity index (χ2v) is 6.83. The highest BCUT2D eigenvalue weighted by molar-refractivity contribution is 7.89. The van der Waals surface area contributed by atoms with E-state index in [0.29, 0.717) is 5.02 Å². The molecule has 7 nitrogen and oxygen atoms in total. The zero-order valence-electron chi connectivity index (χ0n) is 13.3. The van der Waals surface area contributed by atoms with Crippen molar-refractivity contribution >= 4 is 27.5 Å². The quantitative estimate of drug-likeness (QED) is 0.491. The Bertz CT molecular complexity index is 681. The number of sulfonamides is 1. The number of hydrogen-bond acceptors (Lipinski definition) is 5. The molecule has 0 bridgehead atoms. The highest BCUT2D eigenvalue weighted by atomic mass is 35.5. The third-order valence-corrected chi connectivity index (χ3v) is 4.77. The number of amides is 1. The first-order valence-corrected chi connectivity index (χ1v) is 8.74. The number of terminal acetylenes is 1. The van der Waals surface area contributed by atoms with Crippen molar-refractivity contribution in [1.82, 2.24) is 10.0 Å². The van der Waals surface area contributed by atoms with Gasteiger partial charge in [0, 0.05) is 25.7 Å². The van der Waals surface area contributed by atoms with Crippen LogP contribution in [-0.4, -0.2) is 47.4 Å². The zero-order chi connectivity index (χ0) is 18.2. The fourth-order valence-electron chi connectivity index (χ4n) is 1.74. The topological polar surface area (TPSA) is 93.7 Å². The van der Waals surface area contributed by atoms with Crippen LogP contribution in [0.2, 0.25) is 5.02 Å². The lowest BCUT2D eigenvalue weighted by Crippen LogP contribution is -2.48. The summed E-state index contributed by atoms with van der Waals surface area (Å²) in [6.45, 7) is 0.0512. The maximum absolute atomic E-state index is 12.3. The smallest absolute Gasteiger partial charge is 0.241 e. The normalized spacial score (nSPS) is 12.6. The number of halogens is 1. The van der Waals surface area contributed by atoms with Crippen molar-refractivity contribution in [3.05, 3.63) is 29.3 Å². The number of ether oxygens (including phenoxy) is 2. The summed E-state index contributed by atoms with van der Waals surface area (Å²) < 4.78 is 36.8. The number of carbonyl (C=O) groups is 1. The molecule has 24 heavy (non-hydrogen) atoms. The molecule has 1 amide bonds. The number of carbonyl (C=O) groups excluding carboxylic acids is 1.